The highest BCUT2D eigenvalue weighted by Gasteiger charge is 2.55. The van der Waals surface area contributed by atoms with Gasteiger partial charge in [0.25, 0.3) is 0 Å². The molecule has 1 amide bonds. The molecular formula is C22H26F3NO3. The normalized spacial score (nSPS) is 31.4. The van der Waals surface area contributed by atoms with E-state index in [1.807, 2.05) is 0 Å². The molecule has 0 saturated heterocycles. The van der Waals surface area contributed by atoms with Crippen molar-refractivity contribution < 1.29 is 27.5 Å². The molecule has 0 spiro atoms. The van der Waals surface area contributed by atoms with Crippen LogP contribution in [0.1, 0.15) is 49.7 Å². The standard InChI is InChI=1S/C22H26F3NO3/c1-29-19(27)18(9-13-3-2-4-17(8-13)22(23,24)25)26-20(28)21-10-14-5-15(11-21)7-16(6-14)12-21/h2-4,8,14-16,18H,5-7,9-12H2,1H3,(H,26,28)/t14?,15?,16?,18-,21?/m0/s1. The lowest BCUT2D eigenvalue weighted by Gasteiger charge is -2.55. The van der Waals surface area contributed by atoms with Crippen LogP contribution in [-0.4, -0.2) is 25.0 Å². The van der Waals surface area contributed by atoms with Gasteiger partial charge in [-0.2, -0.15) is 13.2 Å². The fraction of sp³-hybridized carbons (Fsp3) is 0.636. The van der Waals surface area contributed by atoms with Crippen molar-refractivity contribution in [3.05, 3.63) is 35.4 Å². The van der Waals surface area contributed by atoms with Crippen molar-refractivity contribution >= 4 is 11.9 Å². The summed E-state index contributed by atoms with van der Waals surface area (Å²) in [5, 5.41) is 2.84. The van der Waals surface area contributed by atoms with Gasteiger partial charge in [0.05, 0.1) is 12.7 Å². The van der Waals surface area contributed by atoms with Gasteiger partial charge in [0.2, 0.25) is 5.91 Å². The molecule has 0 aromatic heterocycles. The molecule has 4 fully saturated rings. The predicted octanol–water partition coefficient (Wildman–Crippen LogP) is 4.12. The summed E-state index contributed by atoms with van der Waals surface area (Å²) >= 11 is 0. The number of esters is 1. The minimum Gasteiger partial charge on any atom is -0.467 e. The van der Waals surface area contributed by atoms with Crippen LogP contribution < -0.4 is 5.32 Å². The number of hydrogen-bond donors (Lipinski definition) is 1. The summed E-state index contributed by atoms with van der Waals surface area (Å²) in [6, 6.07) is 3.86. The molecule has 1 aromatic carbocycles. The van der Waals surface area contributed by atoms with E-state index >= 15 is 0 Å². The van der Waals surface area contributed by atoms with Crippen LogP contribution in [0, 0.1) is 23.2 Å². The first-order chi connectivity index (χ1) is 13.7. The Labute approximate surface area is 168 Å². The zero-order chi connectivity index (χ0) is 20.8. The topological polar surface area (TPSA) is 55.4 Å². The first-order valence-electron chi connectivity index (χ1n) is 10.2. The van der Waals surface area contributed by atoms with E-state index in [0.29, 0.717) is 23.3 Å². The van der Waals surface area contributed by atoms with Gasteiger partial charge in [-0.1, -0.05) is 18.2 Å². The van der Waals surface area contributed by atoms with Gasteiger partial charge >= 0.3 is 12.1 Å². The van der Waals surface area contributed by atoms with Gasteiger partial charge in [-0.05, 0) is 67.9 Å². The van der Waals surface area contributed by atoms with Crippen LogP contribution in [0.15, 0.2) is 24.3 Å². The van der Waals surface area contributed by atoms with Crippen molar-refractivity contribution in [2.45, 2.75) is 57.2 Å². The summed E-state index contributed by atoms with van der Waals surface area (Å²) < 4.78 is 43.8. The third-order valence-electron chi connectivity index (χ3n) is 7.01. The minimum absolute atomic E-state index is 0.0330. The third-order valence-corrected chi connectivity index (χ3v) is 7.01. The van der Waals surface area contributed by atoms with Gasteiger partial charge in [-0.15, -0.1) is 0 Å². The molecule has 4 bridgehead atoms. The number of methoxy groups -OCH3 is 1. The molecule has 4 nitrogen and oxygen atoms in total. The summed E-state index contributed by atoms with van der Waals surface area (Å²) in [6.45, 7) is 0. The van der Waals surface area contributed by atoms with E-state index in [-0.39, 0.29) is 12.3 Å². The van der Waals surface area contributed by atoms with Crippen molar-refractivity contribution in [1.29, 1.82) is 0 Å². The Bertz CT molecular complexity index is 769. The van der Waals surface area contributed by atoms with Crippen molar-refractivity contribution in [2.75, 3.05) is 7.11 Å². The van der Waals surface area contributed by atoms with E-state index in [0.717, 1.165) is 31.4 Å². The van der Waals surface area contributed by atoms with Gasteiger partial charge in [0, 0.05) is 11.8 Å². The number of carbonyl (C=O) groups excluding carboxylic acids is 2. The van der Waals surface area contributed by atoms with E-state index in [2.05, 4.69) is 5.32 Å². The van der Waals surface area contributed by atoms with E-state index in [1.54, 1.807) is 0 Å². The maximum atomic E-state index is 13.2. The Hall–Kier alpha value is -2.05. The molecule has 5 rings (SSSR count). The van der Waals surface area contributed by atoms with Crippen molar-refractivity contribution in [3.8, 4) is 0 Å². The monoisotopic (exact) mass is 409 g/mol. The molecule has 29 heavy (non-hydrogen) atoms. The highest BCUT2D eigenvalue weighted by Crippen LogP contribution is 2.60. The summed E-state index contributed by atoms with van der Waals surface area (Å²) in [5.41, 5.74) is -0.874. The Morgan fingerprint density at radius 1 is 1.14 bits per heavy atom. The number of nitrogens with one attached hydrogen (secondary N) is 1. The molecule has 4 saturated carbocycles. The van der Waals surface area contributed by atoms with Crippen LogP contribution in [0.25, 0.3) is 0 Å². The second-order valence-corrected chi connectivity index (χ2v) is 9.15. The van der Waals surface area contributed by atoms with Crippen LogP contribution in [0.4, 0.5) is 13.2 Å². The van der Waals surface area contributed by atoms with E-state index in [1.165, 1.54) is 38.5 Å². The number of benzene rings is 1. The van der Waals surface area contributed by atoms with Gasteiger partial charge in [-0.3, -0.25) is 4.79 Å². The lowest BCUT2D eigenvalue weighted by atomic mass is 9.49. The molecule has 1 aromatic rings. The molecule has 4 aliphatic carbocycles. The van der Waals surface area contributed by atoms with Gasteiger partial charge in [-0.25, -0.2) is 4.79 Å². The number of ether oxygens (including phenoxy) is 1. The molecule has 0 unspecified atom stereocenters. The lowest BCUT2D eigenvalue weighted by Crippen LogP contribution is -2.56. The highest BCUT2D eigenvalue weighted by atomic mass is 19.4. The summed E-state index contributed by atoms with van der Waals surface area (Å²) in [6.07, 6.45) is 1.63. The largest absolute Gasteiger partial charge is 0.467 e. The maximum Gasteiger partial charge on any atom is 0.416 e. The molecular weight excluding hydrogens is 383 g/mol. The van der Waals surface area contributed by atoms with Gasteiger partial charge < -0.3 is 10.1 Å². The molecule has 1 N–H and O–H groups in total. The zero-order valence-electron chi connectivity index (χ0n) is 16.4. The van der Waals surface area contributed by atoms with Crippen molar-refractivity contribution in [3.63, 3.8) is 0 Å². The molecule has 7 heteroatoms. The summed E-state index contributed by atoms with van der Waals surface area (Å²) in [4.78, 5) is 25.5. The van der Waals surface area contributed by atoms with Crippen LogP contribution >= 0.6 is 0 Å². The summed E-state index contributed by atoms with van der Waals surface area (Å²) in [5.74, 6) is 0.950. The van der Waals surface area contributed by atoms with Crippen molar-refractivity contribution in [2.24, 2.45) is 23.2 Å². The number of amides is 1. The van der Waals surface area contributed by atoms with E-state index in [9.17, 15) is 22.8 Å². The number of carbonyl (C=O) groups is 2. The number of hydrogen-bond acceptors (Lipinski definition) is 3. The number of halogens is 3. The summed E-state index contributed by atoms with van der Waals surface area (Å²) in [7, 11) is 1.22. The van der Waals surface area contributed by atoms with Gasteiger partial charge in [0.1, 0.15) is 6.04 Å². The second-order valence-electron chi connectivity index (χ2n) is 9.15. The predicted molar refractivity (Wildman–Crippen MR) is 99.7 cm³/mol. The zero-order valence-corrected chi connectivity index (χ0v) is 16.4. The Kier molecular flexibility index (Phi) is 5.11. The first-order valence-corrected chi connectivity index (χ1v) is 10.2. The molecule has 4 aliphatic rings. The smallest absolute Gasteiger partial charge is 0.416 e. The third kappa shape index (κ3) is 4.01. The fourth-order valence-corrected chi connectivity index (χ4v) is 6.15. The Balaban J connectivity index is 1.51. The minimum atomic E-state index is -4.46. The Morgan fingerprint density at radius 2 is 1.72 bits per heavy atom. The first kappa shape index (κ1) is 20.2. The maximum absolute atomic E-state index is 13.2. The Morgan fingerprint density at radius 3 is 2.24 bits per heavy atom. The average molecular weight is 409 g/mol. The SMILES string of the molecule is COC(=O)[C@H](Cc1cccc(C(F)(F)F)c1)NC(=O)C12CC3CC(CC(C3)C1)C2. The van der Waals surface area contributed by atoms with Crippen LogP contribution in [0.3, 0.4) is 0 Å². The van der Waals surface area contributed by atoms with Crippen LogP contribution in [-0.2, 0) is 26.9 Å². The number of rotatable bonds is 5. The number of alkyl halides is 3. The molecule has 0 heterocycles. The van der Waals surface area contributed by atoms with Crippen molar-refractivity contribution in [1.82, 2.24) is 5.32 Å². The quantitative estimate of drug-likeness (QED) is 0.745. The average Bonchev–Trinajstić information content (AvgIpc) is 2.65. The molecule has 1 atom stereocenters. The fourth-order valence-electron chi connectivity index (χ4n) is 6.15. The molecule has 0 radical (unpaired) electrons. The lowest BCUT2D eigenvalue weighted by molar-refractivity contribution is -0.152. The van der Waals surface area contributed by atoms with E-state index < -0.39 is 29.2 Å². The van der Waals surface area contributed by atoms with E-state index in [4.69, 9.17) is 4.74 Å². The highest BCUT2D eigenvalue weighted by molar-refractivity contribution is 5.88. The van der Waals surface area contributed by atoms with Crippen LogP contribution in [0.2, 0.25) is 0 Å². The van der Waals surface area contributed by atoms with Crippen LogP contribution in [0.5, 0.6) is 0 Å². The molecule has 158 valence electrons. The second kappa shape index (κ2) is 7.33. The van der Waals surface area contributed by atoms with Gasteiger partial charge in [0.15, 0.2) is 0 Å². The molecule has 0 aliphatic heterocycles.